The van der Waals surface area contributed by atoms with Gasteiger partial charge in [-0.15, -0.1) is 6.58 Å². The molecule has 0 aliphatic rings. The van der Waals surface area contributed by atoms with Crippen molar-refractivity contribution in [1.29, 1.82) is 0 Å². The van der Waals surface area contributed by atoms with E-state index in [2.05, 4.69) is 6.58 Å². The summed E-state index contributed by atoms with van der Waals surface area (Å²) < 4.78 is 0. The van der Waals surface area contributed by atoms with Crippen LogP contribution >= 0.6 is 0 Å². The molecular weight excluding hydrogens is 264 g/mol. The molecule has 0 aromatic heterocycles. The van der Waals surface area contributed by atoms with Crippen molar-refractivity contribution >= 4 is 5.78 Å². The van der Waals surface area contributed by atoms with Gasteiger partial charge >= 0.3 is 0 Å². The number of carbonyl (C=O) groups excluding carboxylic acids is 1. The standard InChI is InChI=1S/C18H18O3/c1-3-4-15-11-14(6-8-17(15)20)16-10-13(9-12(2)19)5-7-18(16)21/h3,5-8,10-11,20-21H,1,4,9H2,2H3. The van der Waals surface area contributed by atoms with Crippen molar-refractivity contribution in [2.24, 2.45) is 0 Å². The predicted octanol–water partition coefficient (Wildman–Crippen LogP) is 3.62. The molecule has 2 aromatic carbocycles. The molecule has 0 unspecified atom stereocenters. The maximum Gasteiger partial charge on any atom is 0.134 e. The fourth-order valence-electron chi connectivity index (χ4n) is 2.28. The lowest BCUT2D eigenvalue weighted by atomic mass is 9.97. The van der Waals surface area contributed by atoms with Crippen molar-refractivity contribution < 1.29 is 15.0 Å². The van der Waals surface area contributed by atoms with Gasteiger partial charge in [-0.2, -0.15) is 0 Å². The topological polar surface area (TPSA) is 57.5 Å². The summed E-state index contributed by atoms with van der Waals surface area (Å²) in [5.74, 6) is 0.431. The molecule has 3 nitrogen and oxygen atoms in total. The van der Waals surface area contributed by atoms with E-state index in [-0.39, 0.29) is 17.3 Å². The number of aromatic hydroxyl groups is 2. The minimum absolute atomic E-state index is 0.0738. The number of ketones is 1. The van der Waals surface area contributed by atoms with Crippen molar-refractivity contribution in [3.05, 3.63) is 60.2 Å². The van der Waals surface area contributed by atoms with Gasteiger partial charge in [0.25, 0.3) is 0 Å². The molecule has 2 N–H and O–H groups in total. The number of allylic oxidation sites excluding steroid dienone is 1. The quantitative estimate of drug-likeness (QED) is 0.823. The van der Waals surface area contributed by atoms with E-state index in [4.69, 9.17) is 0 Å². The number of carbonyl (C=O) groups is 1. The molecule has 2 rings (SSSR count). The van der Waals surface area contributed by atoms with Crippen molar-refractivity contribution in [2.45, 2.75) is 19.8 Å². The van der Waals surface area contributed by atoms with Crippen LogP contribution in [0.2, 0.25) is 0 Å². The molecule has 0 saturated carbocycles. The van der Waals surface area contributed by atoms with Gasteiger partial charge in [0.05, 0.1) is 0 Å². The van der Waals surface area contributed by atoms with Crippen LogP contribution < -0.4 is 0 Å². The first kappa shape index (κ1) is 14.9. The summed E-state index contributed by atoms with van der Waals surface area (Å²) >= 11 is 0. The second kappa shape index (κ2) is 6.27. The fraction of sp³-hybridized carbons (Fsp3) is 0.167. The van der Waals surface area contributed by atoms with E-state index in [1.165, 1.54) is 6.92 Å². The monoisotopic (exact) mass is 282 g/mol. The molecule has 0 radical (unpaired) electrons. The van der Waals surface area contributed by atoms with Crippen molar-refractivity contribution in [1.82, 2.24) is 0 Å². The Morgan fingerprint density at radius 3 is 2.52 bits per heavy atom. The van der Waals surface area contributed by atoms with Crippen LogP contribution in [0.4, 0.5) is 0 Å². The number of phenols is 2. The van der Waals surface area contributed by atoms with Crippen LogP contribution in [0.5, 0.6) is 11.5 Å². The summed E-state index contributed by atoms with van der Waals surface area (Å²) in [5, 5.41) is 19.8. The Hall–Kier alpha value is -2.55. The molecule has 0 heterocycles. The largest absolute Gasteiger partial charge is 0.508 e. The second-order valence-corrected chi connectivity index (χ2v) is 5.07. The smallest absolute Gasteiger partial charge is 0.134 e. The first-order chi connectivity index (χ1) is 10.0. The SMILES string of the molecule is C=CCc1cc(-c2cc(CC(C)=O)ccc2O)ccc1O. The molecule has 0 aliphatic carbocycles. The minimum Gasteiger partial charge on any atom is -0.508 e. The number of hydrogen-bond acceptors (Lipinski definition) is 3. The maximum absolute atomic E-state index is 11.2. The third-order valence-corrected chi connectivity index (χ3v) is 3.27. The Morgan fingerprint density at radius 2 is 1.86 bits per heavy atom. The van der Waals surface area contributed by atoms with E-state index in [9.17, 15) is 15.0 Å². The van der Waals surface area contributed by atoms with E-state index in [0.717, 1.165) is 16.7 Å². The molecule has 3 heteroatoms. The van der Waals surface area contributed by atoms with Crippen LogP contribution in [-0.4, -0.2) is 16.0 Å². The summed E-state index contributed by atoms with van der Waals surface area (Å²) in [5.41, 5.74) is 3.05. The lowest BCUT2D eigenvalue weighted by molar-refractivity contribution is -0.116. The van der Waals surface area contributed by atoms with Gasteiger partial charge in [0.2, 0.25) is 0 Å². The molecule has 21 heavy (non-hydrogen) atoms. The van der Waals surface area contributed by atoms with E-state index < -0.39 is 0 Å². The summed E-state index contributed by atoms with van der Waals surface area (Å²) in [6.07, 6.45) is 2.60. The summed E-state index contributed by atoms with van der Waals surface area (Å²) in [4.78, 5) is 11.2. The van der Waals surface area contributed by atoms with Crippen LogP contribution in [0.25, 0.3) is 11.1 Å². The predicted molar refractivity (Wildman–Crippen MR) is 83.5 cm³/mol. The molecular formula is C18H18O3. The normalized spacial score (nSPS) is 10.3. The summed E-state index contributed by atoms with van der Waals surface area (Å²) in [6.45, 7) is 5.20. The fourth-order valence-corrected chi connectivity index (χ4v) is 2.28. The highest BCUT2D eigenvalue weighted by Crippen LogP contribution is 2.33. The van der Waals surface area contributed by atoms with Crippen molar-refractivity contribution in [2.75, 3.05) is 0 Å². The Kier molecular flexibility index (Phi) is 4.43. The van der Waals surface area contributed by atoms with Crippen LogP contribution in [0.1, 0.15) is 18.1 Å². The zero-order chi connectivity index (χ0) is 15.4. The van der Waals surface area contributed by atoms with Gasteiger partial charge in [0.1, 0.15) is 17.3 Å². The number of hydrogen-bond donors (Lipinski definition) is 2. The van der Waals surface area contributed by atoms with Gasteiger partial charge in [-0.1, -0.05) is 18.2 Å². The molecule has 108 valence electrons. The molecule has 0 amide bonds. The Balaban J connectivity index is 2.47. The van der Waals surface area contributed by atoms with Gasteiger partial charge in [0, 0.05) is 12.0 Å². The van der Waals surface area contributed by atoms with Gasteiger partial charge in [-0.3, -0.25) is 4.79 Å². The molecule has 2 aromatic rings. The van der Waals surface area contributed by atoms with Gasteiger partial charge in [0.15, 0.2) is 0 Å². The van der Waals surface area contributed by atoms with Crippen LogP contribution in [0, 0.1) is 0 Å². The van der Waals surface area contributed by atoms with E-state index in [1.807, 2.05) is 6.07 Å². The van der Waals surface area contributed by atoms with Crippen LogP contribution in [-0.2, 0) is 17.6 Å². The van der Waals surface area contributed by atoms with Gasteiger partial charge < -0.3 is 10.2 Å². The first-order valence-electron chi connectivity index (χ1n) is 6.75. The molecule has 0 atom stereocenters. The van der Waals surface area contributed by atoms with E-state index in [1.54, 1.807) is 36.4 Å². The van der Waals surface area contributed by atoms with Gasteiger partial charge in [-0.05, 0) is 54.3 Å². The Morgan fingerprint density at radius 1 is 1.14 bits per heavy atom. The van der Waals surface area contributed by atoms with Crippen LogP contribution in [0.15, 0.2) is 49.1 Å². The third kappa shape index (κ3) is 3.51. The number of benzene rings is 2. The molecule has 0 bridgehead atoms. The molecule has 0 saturated heterocycles. The zero-order valence-electron chi connectivity index (χ0n) is 12.0. The van der Waals surface area contributed by atoms with E-state index >= 15 is 0 Å². The molecule has 0 aliphatic heterocycles. The second-order valence-electron chi connectivity index (χ2n) is 5.07. The lowest BCUT2D eigenvalue weighted by Crippen LogP contribution is -1.96. The third-order valence-electron chi connectivity index (χ3n) is 3.27. The Labute approximate surface area is 124 Å². The van der Waals surface area contributed by atoms with E-state index in [0.29, 0.717) is 18.4 Å². The highest BCUT2D eigenvalue weighted by Gasteiger charge is 2.09. The highest BCUT2D eigenvalue weighted by molar-refractivity contribution is 5.80. The zero-order valence-corrected chi connectivity index (χ0v) is 12.0. The first-order valence-corrected chi connectivity index (χ1v) is 6.75. The summed E-state index contributed by atoms with van der Waals surface area (Å²) in [6, 6.07) is 10.3. The maximum atomic E-state index is 11.2. The molecule has 0 spiro atoms. The Bertz CT molecular complexity index is 687. The average Bonchev–Trinajstić information content (AvgIpc) is 2.43. The average molecular weight is 282 g/mol. The van der Waals surface area contributed by atoms with Crippen molar-refractivity contribution in [3.8, 4) is 22.6 Å². The number of phenolic OH excluding ortho intramolecular Hbond substituents is 2. The minimum atomic E-state index is 0.0738. The lowest BCUT2D eigenvalue weighted by Gasteiger charge is -2.10. The molecule has 0 fully saturated rings. The van der Waals surface area contributed by atoms with Crippen molar-refractivity contribution in [3.63, 3.8) is 0 Å². The number of Topliss-reactive ketones (excluding diaryl/α,β-unsaturated/α-hetero) is 1. The highest BCUT2D eigenvalue weighted by atomic mass is 16.3. The van der Waals surface area contributed by atoms with Gasteiger partial charge in [-0.25, -0.2) is 0 Å². The van der Waals surface area contributed by atoms with Crippen LogP contribution in [0.3, 0.4) is 0 Å². The summed E-state index contributed by atoms with van der Waals surface area (Å²) in [7, 11) is 0. The number of rotatable bonds is 5.